The number of cyclic esters (lactones) is 1. The molecule has 1 saturated carbocycles. The maximum absolute atomic E-state index is 14.4. The molecule has 166 valence electrons. The lowest BCUT2D eigenvalue weighted by Crippen LogP contribution is -2.28. The van der Waals surface area contributed by atoms with Gasteiger partial charge in [-0.3, -0.25) is 9.88 Å². The number of amides is 1. The van der Waals surface area contributed by atoms with Gasteiger partial charge in [0.05, 0.1) is 30.8 Å². The van der Waals surface area contributed by atoms with Crippen molar-refractivity contribution >= 4 is 11.8 Å². The van der Waals surface area contributed by atoms with Crippen LogP contribution in [-0.4, -0.2) is 43.4 Å². The van der Waals surface area contributed by atoms with Crippen LogP contribution in [0.2, 0.25) is 0 Å². The number of benzene rings is 1. The third-order valence-corrected chi connectivity index (χ3v) is 5.91. The molecule has 0 radical (unpaired) electrons. The van der Waals surface area contributed by atoms with Crippen molar-refractivity contribution in [1.82, 2.24) is 15.6 Å². The van der Waals surface area contributed by atoms with E-state index in [4.69, 9.17) is 15.7 Å². The molecular weight excluding hydrogens is 411 g/mol. The van der Waals surface area contributed by atoms with Gasteiger partial charge in [-0.1, -0.05) is 6.07 Å². The highest BCUT2D eigenvalue weighted by Gasteiger charge is 2.53. The maximum atomic E-state index is 14.4. The summed E-state index contributed by atoms with van der Waals surface area (Å²) in [4.78, 5) is 17.4. The molecule has 3 fully saturated rings. The van der Waals surface area contributed by atoms with E-state index in [1.807, 2.05) is 0 Å². The highest BCUT2D eigenvalue weighted by molar-refractivity contribution is 5.90. The van der Waals surface area contributed by atoms with E-state index < -0.39 is 11.9 Å². The Kier molecular flexibility index (Phi) is 6.52. The Morgan fingerprint density at radius 3 is 2.81 bits per heavy atom. The Labute approximate surface area is 185 Å². The second-order valence-electron chi connectivity index (χ2n) is 7.93. The van der Waals surface area contributed by atoms with Crippen LogP contribution in [-0.2, 0) is 4.74 Å². The fraction of sp³-hybridized carbons (Fsp3) is 0.348. The van der Waals surface area contributed by atoms with Crippen LogP contribution in [0.4, 0.5) is 14.9 Å². The van der Waals surface area contributed by atoms with E-state index in [2.05, 4.69) is 21.7 Å². The van der Waals surface area contributed by atoms with Crippen LogP contribution in [0.25, 0.3) is 11.1 Å². The number of halogens is 1. The molecule has 3 heterocycles. The zero-order valence-corrected chi connectivity index (χ0v) is 17.4. The number of ether oxygens (including phenoxy) is 1. The van der Waals surface area contributed by atoms with Crippen molar-refractivity contribution in [3.63, 3.8) is 0 Å². The van der Waals surface area contributed by atoms with Crippen LogP contribution in [0.3, 0.4) is 0 Å². The van der Waals surface area contributed by atoms with Gasteiger partial charge in [-0.15, -0.1) is 0 Å². The topological polar surface area (TPSA) is 116 Å². The second-order valence-corrected chi connectivity index (χ2v) is 7.93. The largest absolute Gasteiger partial charge is 0.442 e. The minimum absolute atomic E-state index is 0.324. The molecule has 32 heavy (non-hydrogen) atoms. The van der Waals surface area contributed by atoms with Crippen molar-refractivity contribution in [2.75, 3.05) is 31.1 Å². The third-order valence-electron chi connectivity index (χ3n) is 5.91. The molecule has 2 saturated heterocycles. The van der Waals surface area contributed by atoms with Crippen molar-refractivity contribution in [3.8, 4) is 17.2 Å². The molecule has 1 amide bonds. The van der Waals surface area contributed by atoms with Crippen LogP contribution in [0, 0.1) is 34.9 Å². The number of carbonyl (C=O) groups excluding carboxylic acids is 1. The lowest BCUT2D eigenvalue weighted by Gasteiger charge is -2.14. The Morgan fingerprint density at radius 1 is 1.38 bits per heavy atom. The van der Waals surface area contributed by atoms with Crippen LogP contribution >= 0.6 is 0 Å². The van der Waals surface area contributed by atoms with Crippen molar-refractivity contribution in [3.05, 3.63) is 60.9 Å². The van der Waals surface area contributed by atoms with Crippen LogP contribution in [0.5, 0.6) is 0 Å². The molecule has 9 heteroatoms. The summed E-state index contributed by atoms with van der Waals surface area (Å²) in [6.45, 7) is 2.95. The van der Waals surface area contributed by atoms with E-state index >= 15 is 0 Å². The predicted molar refractivity (Wildman–Crippen MR) is 118 cm³/mol. The van der Waals surface area contributed by atoms with Gasteiger partial charge in [-0.25, -0.2) is 9.18 Å². The third kappa shape index (κ3) is 4.65. The minimum Gasteiger partial charge on any atom is -0.442 e. The van der Waals surface area contributed by atoms with Crippen LogP contribution in [0.1, 0.15) is 0 Å². The number of piperidine rings is 1. The van der Waals surface area contributed by atoms with E-state index in [-0.39, 0.29) is 6.10 Å². The lowest BCUT2D eigenvalue weighted by atomic mass is 10.1. The van der Waals surface area contributed by atoms with Gasteiger partial charge in [0.2, 0.25) is 0 Å². The number of nitrogens with zero attached hydrogens (tertiary/aromatic N) is 3. The molecule has 1 aliphatic carbocycles. The number of anilines is 1. The molecule has 1 aromatic heterocycles. The lowest BCUT2D eigenvalue weighted by molar-refractivity contribution is 0.142. The van der Waals surface area contributed by atoms with E-state index in [1.165, 1.54) is 17.2 Å². The number of nitrogens with two attached hydrogens (primary N) is 1. The molecule has 8 nitrogen and oxygen atoms in total. The number of hydrogen-bond acceptors (Lipinski definition) is 7. The quantitative estimate of drug-likeness (QED) is 0.658. The van der Waals surface area contributed by atoms with E-state index in [1.54, 1.807) is 42.9 Å². The minimum atomic E-state index is -0.493. The van der Waals surface area contributed by atoms with Crippen LogP contribution in [0.15, 0.2) is 55.1 Å². The molecule has 2 aliphatic heterocycles. The highest BCUT2D eigenvalue weighted by Crippen LogP contribution is 2.47. The van der Waals surface area contributed by atoms with E-state index in [9.17, 15) is 9.18 Å². The molecule has 1 unspecified atom stereocenters. The van der Waals surface area contributed by atoms with Gasteiger partial charge in [0.1, 0.15) is 11.9 Å². The normalized spacial score (nSPS) is 25.5. The van der Waals surface area contributed by atoms with Gasteiger partial charge in [-0.05, 0) is 49.2 Å². The molecule has 4 atom stereocenters. The van der Waals surface area contributed by atoms with Gasteiger partial charge < -0.3 is 21.1 Å². The summed E-state index contributed by atoms with van der Waals surface area (Å²) in [6.07, 6.45) is 5.33. The van der Waals surface area contributed by atoms with E-state index in [0.717, 1.165) is 24.9 Å². The summed E-state index contributed by atoms with van der Waals surface area (Å²) >= 11 is 0. The van der Waals surface area contributed by atoms with Gasteiger partial charge in [0, 0.05) is 35.9 Å². The molecular formula is C23H25FN6O2. The maximum Gasteiger partial charge on any atom is 0.414 e. The fourth-order valence-electron chi connectivity index (χ4n) is 4.14. The fourth-order valence-corrected chi connectivity index (χ4v) is 4.14. The summed E-state index contributed by atoms with van der Waals surface area (Å²) in [5, 5.41) is 14.6. The highest BCUT2D eigenvalue weighted by atomic mass is 19.1. The zero-order valence-electron chi connectivity index (χ0n) is 17.4. The first kappa shape index (κ1) is 21.6. The number of nitriles is 1. The number of nitrogens with one attached hydrogen (secondary N) is 2. The molecule has 1 aromatic carbocycles. The number of carbonyl (C=O) groups is 1. The summed E-state index contributed by atoms with van der Waals surface area (Å²) in [5.41, 5.74) is 6.81. The molecule has 0 spiro atoms. The summed E-state index contributed by atoms with van der Waals surface area (Å²) in [6, 6.07) is 10.5. The van der Waals surface area contributed by atoms with Crippen LogP contribution < -0.4 is 21.3 Å². The number of pyridine rings is 1. The van der Waals surface area contributed by atoms with Crippen molar-refractivity contribution in [2.45, 2.75) is 6.10 Å². The van der Waals surface area contributed by atoms with Gasteiger partial charge in [-0.2, -0.15) is 5.26 Å². The number of fused-ring (bicyclic) bond motifs is 1. The Hall–Kier alpha value is -3.64. The van der Waals surface area contributed by atoms with Crippen molar-refractivity contribution in [2.24, 2.45) is 23.5 Å². The Morgan fingerprint density at radius 2 is 2.19 bits per heavy atom. The van der Waals surface area contributed by atoms with Crippen molar-refractivity contribution in [1.29, 1.82) is 5.26 Å². The molecule has 0 bridgehead atoms. The first-order valence-corrected chi connectivity index (χ1v) is 10.5. The smallest absolute Gasteiger partial charge is 0.414 e. The van der Waals surface area contributed by atoms with Gasteiger partial charge in [0.25, 0.3) is 0 Å². The Bertz CT molecular complexity index is 1010. The number of aromatic nitrogens is 1. The average molecular weight is 436 g/mol. The number of rotatable bonds is 5. The summed E-state index contributed by atoms with van der Waals surface area (Å²) < 4.78 is 19.7. The van der Waals surface area contributed by atoms with Crippen molar-refractivity contribution < 1.29 is 13.9 Å². The predicted octanol–water partition coefficient (Wildman–Crippen LogP) is 2.21. The Balaban J connectivity index is 0.000000254. The molecule has 5 rings (SSSR count). The van der Waals surface area contributed by atoms with Gasteiger partial charge >= 0.3 is 6.09 Å². The zero-order chi connectivity index (χ0) is 22.5. The summed E-state index contributed by atoms with van der Waals surface area (Å²) in [7, 11) is 0. The molecule has 4 N–H and O–H groups in total. The number of hydrogen-bond donors (Lipinski definition) is 3. The summed E-state index contributed by atoms with van der Waals surface area (Å²) in [5.74, 6) is 1.44. The standard InChI is InChI=1S/C17H17FN4O2.C6H8N2/c18-16-8-13(3-4-15(16)12-2-1-6-20-9-12)22-11-14(24-17(22)23)10-21-7-5-19;7-1-4-5-2-8-3-6(4)5/h1-9,14,21H,10-11,19H2;4-6,8H,2-3H2/b7-5-;/t14-;4?,5-,6+/m0./s1. The average Bonchev–Trinajstić information content (AvgIpc) is 3.10. The molecule has 2 aromatic rings. The van der Waals surface area contributed by atoms with Gasteiger partial charge in [0.15, 0.2) is 0 Å². The SMILES string of the molecule is N#CC1[C@H]2CNC[C@@H]12.N/C=C\NC[C@H]1CN(c2ccc(-c3cccnc3)c(F)c2)C(=O)O1. The first-order chi connectivity index (χ1) is 15.6. The molecule has 3 aliphatic rings. The van der Waals surface area contributed by atoms with E-state index in [0.29, 0.717) is 35.8 Å². The second kappa shape index (κ2) is 9.66. The first-order valence-electron chi connectivity index (χ1n) is 10.5. The monoisotopic (exact) mass is 436 g/mol.